The molecule has 2 aliphatic rings. The van der Waals surface area contributed by atoms with Gasteiger partial charge in [0.05, 0.1) is 5.41 Å². The summed E-state index contributed by atoms with van der Waals surface area (Å²) in [5.41, 5.74) is 1.87. The van der Waals surface area contributed by atoms with Crippen molar-refractivity contribution in [2.45, 2.75) is 31.1 Å². The normalized spacial score (nSPS) is 18.3. The second kappa shape index (κ2) is 5.99. The van der Waals surface area contributed by atoms with Crippen LogP contribution in [0.5, 0.6) is 0 Å². The molecule has 4 rings (SSSR count). The zero-order valence-electron chi connectivity index (χ0n) is 13.8. The van der Waals surface area contributed by atoms with Crippen molar-refractivity contribution in [2.75, 3.05) is 16.8 Å². The molecule has 1 heterocycles. The van der Waals surface area contributed by atoms with E-state index in [0.29, 0.717) is 12.1 Å². The number of carbonyl (C=O) groups excluding carboxylic acids is 2. The van der Waals surface area contributed by atoms with Gasteiger partial charge in [-0.1, -0.05) is 12.1 Å². The van der Waals surface area contributed by atoms with Gasteiger partial charge in [-0.05, 0) is 61.2 Å². The van der Waals surface area contributed by atoms with Crippen molar-refractivity contribution in [3.8, 4) is 0 Å². The summed E-state index contributed by atoms with van der Waals surface area (Å²) in [4.78, 5) is 26.3. The Morgan fingerprint density at radius 3 is 2.28 bits per heavy atom. The quantitative estimate of drug-likeness (QED) is 0.925. The molecule has 2 aromatic rings. The number of hydrogen-bond acceptors (Lipinski definition) is 2. The van der Waals surface area contributed by atoms with E-state index in [1.165, 1.54) is 12.1 Å². The Labute approximate surface area is 145 Å². The van der Waals surface area contributed by atoms with E-state index < -0.39 is 5.41 Å². The highest BCUT2D eigenvalue weighted by Gasteiger charge is 2.51. The highest BCUT2D eigenvalue weighted by Crippen LogP contribution is 2.49. The highest BCUT2D eigenvalue weighted by molar-refractivity contribution is 6.01. The summed E-state index contributed by atoms with van der Waals surface area (Å²) in [6, 6.07) is 13.5. The van der Waals surface area contributed by atoms with Crippen LogP contribution in [0.3, 0.4) is 0 Å². The molecule has 2 amide bonds. The van der Waals surface area contributed by atoms with E-state index >= 15 is 0 Å². The fourth-order valence-electron chi connectivity index (χ4n) is 3.44. The minimum Gasteiger partial charge on any atom is -0.325 e. The van der Waals surface area contributed by atoms with Crippen LogP contribution in [0.25, 0.3) is 0 Å². The third-order valence-electron chi connectivity index (χ3n) is 5.09. The lowest BCUT2D eigenvalue weighted by molar-refractivity contribution is -0.118. The molecule has 0 bridgehead atoms. The molecule has 25 heavy (non-hydrogen) atoms. The first-order valence-corrected chi connectivity index (χ1v) is 8.56. The van der Waals surface area contributed by atoms with Crippen molar-refractivity contribution in [3.63, 3.8) is 0 Å². The number of rotatable bonds is 4. The number of anilines is 2. The molecular formula is C20H19FN2O2. The van der Waals surface area contributed by atoms with Crippen LogP contribution >= 0.6 is 0 Å². The van der Waals surface area contributed by atoms with Crippen LogP contribution < -0.4 is 10.2 Å². The summed E-state index contributed by atoms with van der Waals surface area (Å²) in [6.07, 6.45) is 3.02. The number of hydrogen-bond donors (Lipinski definition) is 1. The van der Waals surface area contributed by atoms with Gasteiger partial charge in [0.25, 0.3) is 0 Å². The zero-order chi connectivity index (χ0) is 17.4. The van der Waals surface area contributed by atoms with Gasteiger partial charge < -0.3 is 10.2 Å². The van der Waals surface area contributed by atoms with E-state index in [4.69, 9.17) is 0 Å². The van der Waals surface area contributed by atoms with Crippen molar-refractivity contribution < 1.29 is 14.0 Å². The zero-order valence-corrected chi connectivity index (χ0v) is 13.8. The molecule has 1 N–H and O–H groups in total. The van der Waals surface area contributed by atoms with E-state index in [1.807, 2.05) is 24.3 Å². The minimum absolute atomic E-state index is 0.0656. The Hall–Kier alpha value is -2.69. The summed E-state index contributed by atoms with van der Waals surface area (Å²) >= 11 is 0. The van der Waals surface area contributed by atoms with Crippen LogP contribution in [0.4, 0.5) is 15.8 Å². The Balaban J connectivity index is 1.47. The van der Waals surface area contributed by atoms with E-state index in [0.717, 1.165) is 37.1 Å². The largest absolute Gasteiger partial charge is 0.325 e. The van der Waals surface area contributed by atoms with Crippen molar-refractivity contribution in [1.82, 2.24) is 0 Å². The molecule has 2 fully saturated rings. The lowest BCUT2D eigenvalue weighted by atomic mass is 9.95. The Kier molecular flexibility index (Phi) is 3.79. The molecule has 0 radical (unpaired) electrons. The monoisotopic (exact) mass is 338 g/mol. The molecule has 1 saturated heterocycles. The van der Waals surface area contributed by atoms with Crippen LogP contribution in [-0.2, 0) is 15.0 Å². The van der Waals surface area contributed by atoms with Gasteiger partial charge >= 0.3 is 0 Å². The SMILES string of the molecule is O=C1CCCN1c1ccc(NC(=O)C2(c3ccc(F)cc3)CC2)cc1. The lowest BCUT2D eigenvalue weighted by Crippen LogP contribution is -2.28. The van der Waals surface area contributed by atoms with Crippen molar-refractivity contribution in [3.05, 3.63) is 59.9 Å². The first-order chi connectivity index (χ1) is 12.1. The van der Waals surface area contributed by atoms with Gasteiger partial charge in [0.1, 0.15) is 5.82 Å². The predicted molar refractivity (Wildman–Crippen MR) is 94.0 cm³/mol. The third kappa shape index (κ3) is 2.90. The molecule has 0 spiro atoms. The Bertz CT molecular complexity index is 811. The number of carbonyl (C=O) groups is 2. The van der Waals surface area contributed by atoms with Crippen LogP contribution in [-0.4, -0.2) is 18.4 Å². The number of nitrogens with zero attached hydrogens (tertiary/aromatic N) is 1. The first kappa shape index (κ1) is 15.8. The maximum absolute atomic E-state index is 13.1. The number of nitrogens with one attached hydrogen (secondary N) is 1. The third-order valence-corrected chi connectivity index (χ3v) is 5.09. The molecule has 5 heteroatoms. The summed E-state index contributed by atoms with van der Waals surface area (Å²) in [5.74, 6) is -0.221. The molecule has 1 aliphatic carbocycles. The highest BCUT2D eigenvalue weighted by atomic mass is 19.1. The smallest absolute Gasteiger partial charge is 0.235 e. The van der Waals surface area contributed by atoms with E-state index in [-0.39, 0.29) is 17.6 Å². The van der Waals surface area contributed by atoms with E-state index in [9.17, 15) is 14.0 Å². The topological polar surface area (TPSA) is 49.4 Å². The standard InChI is InChI=1S/C20H19FN2O2/c21-15-5-3-14(4-6-15)20(11-12-20)19(25)22-16-7-9-17(10-8-16)23-13-1-2-18(23)24/h3-10H,1-2,11-13H2,(H,22,25). The van der Waals surface area contributed by atoms with Crippen molar-refractivity contribution in [2.24, 2.45) is 0 Å². The maximum Gasteiger partial charge on any atom is 0.235 e. The molecular weight excluding hydrogens is 319 g/mol. The van der Waals surface area contributed by atoms with Gasteiger partial charge in [-0.3, -0.25) is 9.59 Å². The first-order valence-electron chi connectivity index (χ1n) is 8.56. The van der Waals surface area contributed by atoms with Gasteiger partial charge in [-0.2, -0.15) is 0 Å². The molecule has 128 valence electrons. The van der Waals surface area contributed by atoms with E-state index in [1.54, 1.807) is 17.0 Å². The average molecular weight is 338 g/mol. The lowest BCUT2D eigenvalue weighted by Gasteiger charge is -2.18. The average Bonchev–Trinajstić information content (AvgIpc) is 3.32. The van der Waals surface area contributed by atoms with Gasteiger partial charge in [0.15, 0.2) is 0 Å². The van der Waals surface area contributed by atoms with Crippen molar-refractivity contribution >= 4 is 23.2 Å². The van der Waals surface area contributed by atoms with E-state index in [2.05, 4.69) is 5.32 Å². The minimum atomic E-state index is -0.544. The summed E-state index contributed by atoms with van der Waals surface area (Å²) in [5, 5.41) is 2.95. The molecule has 0 aromatic heterocycles. The molecule has 1 aliphatic heterocycles. The fraction of sp³-hybridized carbons (Fsp3) is 0.300. The second-order valence-electron chi connectivity index (χ2n) is 6.74. The number of benzene rings is 2. The van der Waals surface area contributed by atoms with Gasteiger partial charge in [0.2, 0.25) is 11.8 Å². The second-order valence-corrected chi connectivity index (χ2v) is 6.74. The van der Waals surface area contributed by atoms with Crippen LogP contribution in [0.1, 0.15) is 31.2 Å². The fourth-order valence-corrected chi connectivity index (χ4v) is 3.44. The Morgan fingerprint density at radius 1 is 1.04 bits per heavy atom. The van der Waals surface area contributed by atoms with Gasteiger partial charge in [0, 0.05) is 24.3 Å². The molecule has 4 nitrogen and oxygen atoms in total. The van der Waals surface area contributed by atoms with Crippen LogP contribution in [0.15, 0.2) is 48.5 Å². The van der Waals surface area contributed by atoms with Crippen LogP contribution in [0.2, 0.25) is 0 Å². The molecule has 0 atom stereocenters. The Morgan fingerprint density at radius 2 is 1.72 bits per heavy atom. The number of amides is 2. The summed E-state index contributed by atoms with van der Waals surface area (Å²) in [6.45, 7) is 0.748. The van der Waals surface area contributed by atoms with Crippen LogP contribution in [0, 0.1) is 5.82 Å². The van der Waals surface area contributed by atoms with Gasteiger partial charge in [-0.25, -0.2) is 4.39 Å². The molecule has 0 unspecified atom stereocenters. The summed E-state index contributed by atoms with van der Waals surface area (Å²) < 4.78 is 13.1. The van der Waals surface area contributed by atoms with Crippen molar-refractivity contribution in [1.29, 1.82) is 0 Å². The maximum atomic E-state index is 13.1. The summed E-state index contributed by atoms with van der Waals surface area (Å²) in [7, 11) is 0. The number of halogens is 1. The molecule has 1 saturated carbocycles. The predicted octanol–water partition coefficient (Wildman–Crippen LogP) is 3.62. The van der Waals surface area contributed by atoms with Gasteiger partial charge in [-0.15, -0.1) is 0 Å². The molecule has 2 aromatic carbocycles.